The maximum atomic E-state index is 12.9. The van der Waals surface area contributed by atoms with E-state index in [-0.39, 0.29) is 12.5 Å². The molecule has 0 heterocycles. The molecule has 0 fully saturated rings. The van der Waals surface area contributed by atoms with Gasteiger partial charge in [0, 0.05) is 6.42 Å². The van der Waals surface area contributed by atoms with Gasteiger partial charge in [0.05, 0.1) is 39.9 Å². The monoisotopic (exact) mass is 895 g/mol. The molecule has 3 atom stereocenters. The summed E-state index contributed by atoms with van der Waals surface area (Å²) in [5, 5.41) is 13.8. The fraction of sp³-hybridized carbons (Fsp3) is 0.868. The Morgan fingerprint density at radius 2 is 0.903 bits per heavy atom. The van der Waals surface area contributed by atoms with Crippen molar-refractivity contribution in [3.63, 3.8) is 0 Å². The molecule has 9 heteroatoms. The van der Waals surface area contributed by atoms with E-state index in [9.17, 15) is 19.4 Å². The van der Waals surface area contributed by atoms with Gasteiger partial charge in [0.2, 0.25) is 5.91 Å². The molecule has 0 aromatic carbocycles. The highest BCUT2D eigenvalue weighted by Gasteiger charge is 2.23. The van der Waals surface area contributed by atoms with Gasteiger partial charge >= 0.3 is 0 Å². The number of nitrogens with one attached hydrogen (secondary N) is 1. The SMILES string of the molecule is CCCCCCCCCCC/C=C/CC/C=C/CC/C=C/C(O)C(COP(=O)([O-])OCC[N+](C)(C)C)NC(=O)CCCCCCCCCCCCCCCCCCCCCCC. The first-order chi connectivity index (χ1) is 30.0. The van der Waals surface area contributed by atoms with Gasteiger partial charge in [-0.15, -0.1) is 0 Å². The summed E-state index contributed by atoms with van der Waals surface area (Å²) in [4.78, 5) is 25.4. The molecule has 0 radical (unpaired) electrons. The van der Waals surface area contributed by atoms with Crippen LogP contribution in [0.2, 0.25) is 0 Å². The number of carbonyl (C=O) groups is 1. The van der Waals surface area contributed by atoms with Crippen molar-refractivity contribution in [1.82, 2.24) is 5.32 Å². The maximum Gasteiger partial charge on any atom is 0.268 e. The summed E-state index contributed by atoms with van der Waals surface area (Å²) in [5.41, 5.74) is 0. The molecule has 0 spiro atoms. The minimum Gasteiger partial charge on any atom is -0.756 e. The molecule has 2 N–H and O–H groups in total. The molecule has 0 rings (SSSR count). The third-order valence-electron chi connectivity index (χ3n) is 11.8. The molecule has 0 aliphatic carbocycles. The lowest BCUT2D eigenvalue weighted by Gasteiger charge is -2.29. The molecule has 0 aromatic rings. The number of rotatable bonds is 48. The molecule has 0 aliphatic rings. The summed E-state index contributed by atoms with van der Waals surface area (Å²) >= 11 is 0. The smallest absolute Gasteiger partial charge is 0.268 e. The number of hydrogen-bond donors (Lipinski definition) is 2. The van der Waals surface area contributed by atoms with E-state index in [4.69, 9.17) is 9.05 Å². The summed E-state index contributed by atoms with van der Waals surface area (Å²) in [7, 11) is 1.24. The van der Waals surface area contributed by atoms with Gasteiger partial charge in [-0.25, -0.2) is 0 Å². The first-order valence-corrected chi connectivity index (χ1v) is 27.8. The number of phosphoric ester groups is 1. The van der Waals surface area contributed by atoms with E-state index < -0.39 is 26.6 Å². The Hall–Kier alpha value is -1.28. The average molecular weight is 895 g/mol. The van der Waals surface area contributed by atoms with Crippen molar-refractivity contribution >= 4 is 13.7 Å². The van der Waals surface area contributed by atoms with Crippen LogP contribution in [0.25, 0.3) is 0 Å². The Bertz CT molecular complexity index is 1110. The second-order valence-corrected chi connectivity index (χ2v) is 20.6. The van der Waals surface area contributed by atoms with Crippen LogP contribution in [-0.4, -0.2) is 68.5 Å². The average Bonchev–Trinajstić information content (AvgIpc) is 3.23. The Kier molecular flexibility index (Phi) is 44.0. The quantitative estimate of drug-likeness (QED) is 0.0273. The summed E-state index contributed by atoms with van der Waals surface area (Å²) in [5.74, 6) is -0.208. The van der Waals surface area contributed by atoms with Gasteiger partial charge in [-0.3, -0.25) is 9.36 Å². The van der Waals surface area contributed by atoms with Crippen LogP contribution in [0.1, 0.15) is 245 Å². The normalized spacial score (nSPS) is 14.4. The molecule has 0 aliphatic heterocycles. The molecular formula is C53H103N2O6P. The van der Waals surface area contributed by atoms with Crippen molar-refractivity contribution < 1.29 is 32.9 Å². The zero-order valence-corrected chi connectivity index (χ0v) is 42.5. The standard InChI is InChI=1S/C53H103N2O6P/c1-6-8-10-12-14-16-18-20-22-24-26-27-29-31-33-35-37-39-41-43-45-47-53(57)54-51(50-61-62(58,59)60-49-48-55(3,4)5)52(56)46-44-42-40-38-36-34-32-30-28-25-23-21-19-17-15-13-11-9-7-2/h28,30,36,38,44,46,51-52,56H,6-27,29,31-35,37,39-43,45,47-50H2,1-5H3,(H-,54,57,58,59)/b30-28+,38-36+,46-44+. The molecular weight excluding hydrogens is 792 g/mol. The van der Waals surface area contributed by atoms with Gasteiger partial charge in [-0.1, -0.05) is 230 Å². The van der Waals surface area contributed by atoms with E-state index in [2.05, 4.69) is 43.5 Å². The van der Waals surface area contributed by atoms with Crippen LogP contribution in [0.4, 0.5) is 0 Å². The van der Waals surface area contributed by atoms with Crippen molar-refractivity contribution in [3.8, 4) is 0 Å². The van der Waals surface area contributed by atoms with Crippen LogP contribution < -0.4 is 10.2 Å². The number of allylic oxidation sites excluding steroid dienone is 5. The lowest BCUT2D eigenvalue weighted by molar-refractivity contribution is -0.870. The van der Waals surface area contributed by atoms with Crippen LogP contribution in [0.3, 0.4) is 0 Å². The third-order valence-corrected chi connectivity index (χ3v) is 12.8. The predicted octanol–water partition coefficient (Wildman–Crippen LogP) is 14.8. The van der Waals surface area contributed by atoms with E-state index >= 15 is 0 Å². The minimum atomic E-state index is -4.60. The van der Waals surface area contributed by atoms with Crippen molar-refractivity contribution in [2.24, 2.45) is 0 Å². The molecule has 366 valence electrons. The summed E-state index contributed by atoms with van der Waals surface area (Å²) in [6.45, 7) is 4.64. The molecule has 8 nitrogen and oxygen atoms in total. The van der Waals surface area contributed by atoms with Gasteiger partial charge in [-0.05, 0) is 44.9 Å². The number of nitrogens with zero attached hydrogens (tertiary/aromatic N) is 1. The molecule has 1 amide bonds. The maximum absolute atomic E-state index is 12.9. The van der Waals surface area contributed by atoms with E-state index in [1.54, 1.807) is 6.08 Å². The lowest BCUT2D eigenvalue weighted by Crippen LogP contribution is -2.45. The Labute approximate surface area is 385 Å². The van der Waals surface area contributed by atoms with Crippen LogP contribution in [0, 0.1) is 0 Å². The highest BCUT2D eigenvalue weighted by atomic mass is 31.2. The molecule has 3 unspecified atom stereocenters. The van der Waals surface area contributed by atoms with Crippen molar-refractivity contribution in [2.75, 3.05) is 40.9 Å². The van der Waals surface area contributed by atoms with Crippen LogP contribution in [-0.2, 0) is 18.4 Å². The van der Waals surface area contributed by atoms with E-state index in [0.29, 0.717) is 17.4 Å². The molecule has 0 aromatic heterocycles. The minimum absolute atomic E-state index is 0.00754. The molecule has 0 saturated heterocycles. The number of phosphoric acid groups is 1. The van der Waals surface area contributed by atoms with Gasteiger partial charge in [-0.2, -0.15) is 0 Å². The first kappa shape index (κ1) is 60.7. The highest BCUT2D eigenvalue weighted by molar-refractivity contribution is 7.45. The number of unbranched alkanes of at least 4 members (excludes halogenated alkanes) is 31. The van der Waals surface area contributed by atoms with Crippen LogP contribution in [0.5, 0.6) is 0 Å². The Morgan fingerprint density at radius 1 is 0.548 bits per heavy atom. The topological polar surface area (TPSA) is 108 Å². The summed E-state index contributed by atoms with van der Waals surface area (Å²) < 4.78 is 23.3. The second-order valence-electron chi connectivity index (χ2n) is 19.2. The second kappa shape index (κ2) is 44.9. The summed E-state index contributed by atoms with van der Waals surface area (Å²) in [6, 6.07) is -0.907. The van der Waals surface area contributed by atoms with E-state index in [0.717, 1.165) is 44.9 Å². The zero-order chi connectivity index (χ0) is 45.7. The van der Waals surface area contributed by atoms with Gasteiger partial charge in [0.1, 0.15) is 13.2 Å². The van der Waals surface area contributed by atoms with Crippen molar-refractivity contribution in [1.29, 1.82) is 0 Å². The van der Waals surface area contributed by atoms with E-state index in [1.807, 2.05) is 27.2 Å². The van der Waals surface area contributed by atoms with Crippen molar-refractivity contribution in [2.45, 2.75) is 257 Å². The molecule has 62 heavy (non-hydrogen) atoms. The van der Waals surface area contributed by atoms with Gasteiger partial charge in [0.15, 0.2) is 0 Å². The third kappa shape index (κ3) is 46.7. The number of quaternary nitrogens is 1. The number of hydrogen-bond acceptors (Lipinski definition) is 6. The Morgan fingerprint density at radius 3 is 1.31 bits per heavy atom. The summed E-state index contributed by atoms with van der Waals surface area (Å²) in [6.07, 6.45) is 56.4. The zero-order valence-electron chi connectivity index (χ0n) is 41.6. The largest absolute Gasteiger partial charge is 0.756 e. The number of amides is 1. The van der Waals surface area contributed by atoms with E-state index in [1.165, 1.54) is 180 Å². The fourth-order valence-corrected chi connectivity index (χ4v) is 8.38. The van der Waals surface area contributed by atoms with Crippen LogP contribution in [0.15, 0.2) is 36.5 Å². The predicted molar refractivity (Wildman–Crippen MR) is 265 cm³/mol. The van der Waals surface area contributed by atoms with Crippen molar-refractivity contribution in [3.05, 3.63) is 36.5 Å². The number of carbonyl (C=O) groups excluding carboxylic acids is 1. The van der Waals surface area contributed by atoms with Gasteiger partial charge in [0.25, 0.3) is 7.82 Å². The number of aliphatic hydroxyl groups is 1. The molecule has 0 bridgehead atoms. The Balaban J connectivity index is 4.33. The lowest BCUT2D eigenvalue weighted by atomic mass is 10.0. The molecule has 0 saturated carbocycles. The fourth-order valence-electron chi connectivity index (χ4n) is 7.66. The number of aliphatic hydroxyl groups excluding tert-OH is 1. The highest BCUT2D eigenvalue weighted by Crippen LogP contribution is 2.38. The van der Waals surface area contributed by atoms with Crippen LogP contribution >= 0.6 is 7.82 Å². The number of likely N-dealkylation sites (N-methyl/N-ethyl adjacent to an activating group) is 1. The van der Waals surface area contributed by atoms with Gasteiger partial charge < -0.3 is 28.8 Å². The first-order valence-electron chi connectivity index (χ1n) is 26.4.